The molecule has 0 saturated heterocycles. The van der Waals surface area contributed by atoms with E-state index < -0.39 is 0 Å². The highest BCUT2D eigenvalue weighted by Crippen LogP contribution is 2.17. The van der Waals surface area contributed by atoms with Crippen molar-refractivity contribution in [2.45, 2.75) is 33.8 Å². The highest BCUT2D eigenvalue weighted by atomic mass is 16.5. The van der Waals surface area contributed by atoms with Crippen LogP contribution in [0.15, 0.2) is 36.4 Å². The number of nitrogens with one attached hydrogen (secondary N) is 1. The minimum Gasteiger partial charge on any atom is -0.491 e. The molecule has 1 heterocycles. The summed E-state index contributed by atoms with van der Waals surface area (Å²) in [7, 11) is 0. The van der Waals surface area contributed by atoms with Crippen LogP contribution in [0.1, 0.15) is 35.6 Å². The van der Waals surface area contributed by atoms with Crippen LogP contribution >= 0.6 is 0 Å². The van der Waals surface area contributed by atoms with E-state index in [-0.39, 0.29) is 12.0 Å². The molecule has 0 aliphatic carbocycles. The van der Waals surface area contributed by atoms with E-state index in [9.17, 15) is 4.79 Å². The molecule has 4 nitrogen and oxygen atoms in total. The molecule has 2 rings (SSSR count). The molecule has 0 unspecified atom stereocenters. The Morgan fingerprint density at radius 1 is 1.14 bits per heavy atom. The van der Waals surface area contributed by atoms with Crippen molar-refractivity contribution in [2.75, 3.05) is 5.32 Å². The first-order valence-corrected chi connectivity index (χ1v) is 6.97. The smallest absolute Gasteiger partial charge is 0.274 e. The number of aromatic nitrogens is 1. The number of amides is 1. The number of carbonyl (C=O) groups is 1. The fourth-order valence-corrected chi connectivity index (χ4v) is 2.04. The molecule has 0 atom stereocenters. The van der Waals surface area contributed by atoms with E-state index in [1.807, 2.05) is 58.0 Å². The van der Waals surface area contributed by atoms with E-state index in [0.717, 1.165) is 22.7 Å². The van der Waals surface area contributed by atoms with Crippen molar-refractivity contribution < 1.29 is 9.53 Å². The third-order valence-corrected chi connectivity index (χ3v) is 2.81. The van der Waals surface area contributed by atoms with E-state index in [1.54, 1.807) is 6.07 Å². The molecule has 0 radical (unpaired) electrons. The highest BCUT2D eigenvalue weighted by Gasteiger charge is 2.09. The first kappa shape index (κ1) is 15.0. The highest BCUT2D eigenvalue weighted by molar-refractivity contribution is 6.03. The van der Waals surface area contributed by atoms with Gasteiger partial charge in [0, 0.05) is 11.4 Å². The van der Waals surface area contributed by atoms with Gasteiger partial charge in [-0.05, 0) is 69.7 Å². The molecule has 1 aromatic carbocycles. The van der Waals surface area contributed by atoms with Gasteiger partial charge in [0.15, 0.2) is 0 Å². The Kier molecular flexibility index (Phi) is 4.58. The topological polar surface area (TPSA) is 51.2 Å². The van der Waals surface area contributed by atoms with E-state index in [1.165, 1.54) is 0 Å². The lowest BCUT2D eigenvalue weighted by Gasteiger charge is -2.10. The zero-order valence-corrected chi connectivity index (χ0v) is 12.8. The summed E-state index contributed by atoms with van der Waals surface area (Å²) in [5.74, 6) is 0.576. The number of nitrogens with zero attached hydrogens (tertiary/aromatic N) is 1. The lowest BCUT2D eigenvalue weighted by Crippen LogP contribution is -2.14. The predicted molar refractivity (Wildman–Crippen MR) is 83.9 cm³/mol. The molecule has 0 fully saturated rings. The van der Waals surface area contributed by atoms with Crippen LogP contribution in [0.25, 0.3) is 0 Å². The fourth-order valence-electron chi connectivity index (χ4n) is 2.04. The number of hydrogen-bond acceptors (Lipinski definition) is 3. The standard InChI is InChI=1S/C17H20N2O2/c1-11(2)21-15-7-5-14(6-8-15)19-17(20)16-10-12(3)9-13(4)18-16/h5-11H,1-4H3,(H,19,20). The summed E-state index contributed by atoms with van der Waals surface area (Å²) in [6, 6.07) is 11.0. The summed E-state index contributed by atoms with van der Waals surface area (Å²) >= 11 is 0. The maximum absolute atomic E-state index is 12.2. The van der Waals surface area contributed by atoms with Crippen LogP contribution in [0.4, 0.5) is 5.69 Å². The van der Waals surface area contributed by atoms with Gasteiger partial charge in [-0.3, -0.25) is 4.79 Å². The summed E-state index contributed by atoms with van der Waals surface area (Å²) < 4.78 is 5.57. The van der Waals surface area contributed by atoms with Crippen molar-refractivity contribution in [3.8, 4) is 5.75 Å². The van der Waals surface area contributed by atoms with Crippen LogP contribution in [-0.2, 0) is 0 Å². The van der Waals surface area contributed by atoms with Crippen LogP contribution in [0.5, 0.6) is 5.75 Å². The molecule has 0 spiro atoms. The molecule has 0 bridgehead atoms. The predicted octanol–water partition coefficient (Wildman–Crippen LogP) is 3.74. The number of pyridine rings is 1. The first-order chi connectivity index (χ1) is 9.94. The second-order valence-electron chi connectivity index (χ2n) is 5.32. The van der Waals surface area contributed by atoms with Crippen LogP contribution in [0.3, 0.4) is 0 Å². The number of benzene rings is 1. The molecular formula is C17H20N2O2. The quantitative estimate of drug-likeness (QED) is 0.930. The van der Waals surface area contributed by atoms with Crippen LogP contribution < -0.4 is 10.1 Å². The average molecular weight is 284 g/mol. The van der Waals surface area contributed by atoms with E-state index >= 15 is 0 Å². The van der Waals surface area contributed by atoms with Gasteiger partial charge in [0.1, 0.15) is 11.4 Å². The number of hydrogen-bond donors (Lipinski definition) is 1. The second kappa shape index (κ2) is 6.39. The Labute approximate surface area is 125 Å². The molecule has 1 amide bonds. The second-order valence-corrected chi connectivity index (χ2v) is 5.32. The summed E-state index contributed by atoms with van der Waals surface area (Å²) in [5, 5.41) is 2.84. The summed E-state index contributed by atoms with van der Waals surface area (Å²) in [5.41, 5.74) is 3.00. The molecule has 0 aliphatic rings. The lowest BCUT2D eigenvalue weighted by atomic mass is 10.2. The minimum absolute atomic E-state index is 0.130. The van der Waals surface area contributed by atoms with Crippen molar-refractivity contribution in [3.05, 3.63) is 53.3 Å². The number of carbonyl (C=O) groups excluding carboxylic acids is 1. The van der Waals surface area contributed by atoms with Gasteiger partial charge >= 0.3 is 0 Å². The van der Waals surface area contributed by atoms with Crippen LogP contribution in [0, 0.1) is 13.8 Å². The third kappa shape index (κ3) is 4.31. The Bertz CT molecular complexity index is 613. The Balaban J connectivity index is 2.08. The number of rotatable bonds is 4. The maximum atomic E-state index is 12.2. The largest absolute Gasteiger partial charge is 0.491 e. The third-order valence-electron chi connectivity index (χ3n) is 2.81. The molecule has 0 aliphatic heterocycles. The van der Waals surface area contributed by atoms with Crippen molar-refractivity contribution in [1.29, 1.82) is 0 Å². The van der Waals surface area contributed by atoms with Gasteiger partial charge in [0.2, 0.25) is 0 Å². The molecule has 2 aromatic rings. The average Bonchev–Trinajstić information content (AvgIpc) is 2.39. The molecule has 110 valence electrons. The van der Waals surface area contributed by atoms with Crippen molar-refractivity contribution in [2.24, 2.45) is 0 Å². The van der Waals surface area contributed by atoms with Gasteiger partial charge in [-0.2, -0.15) is 0 Å². The zero-order chi connectivity index (χ0) is 15.4. The van der Waals surface area contributed by atoms with Crippen LogP contribution in [-0.4, -0.2) is 17.0 Å². The number of aryl methyl sites for hydroxylation is 2. The number of anilines is 1. The lowest BCUT2D eigenvalue weighted by molar-refractivity contribution is 0.102. The van der Waals surface area contributed by atoms with Gasteiger partial charge in [0.05, 0.1) is 6.10 Å². The molecule has 4 heteroatoms. The fraction of sp³-hybridized carbons (Fsp3) is 0.294. The number of ether oxygens (including phenoxy) is 1. The summed E-state index contributed by atoms with van der Waals surface area (Å²) in [6.07, 6.45) is 0.130. The van der Waals surface area contributed by atoms with Crippen LogP contribution in [0.2, 0.25) is 0 Å². The maximum Gasteiger partial charge on any atom is 0.274 e. The first-order valence-electron chi connectivity index (χ1n) is 6.97. The Hall–Kier alpha value is -2.36. The zero-order valence-electron chi connectivity index (χ0n) is 12.8. The van der Waals surface area contributed by atoms with Gasteiger partial charge < -0.3 is 10.1 Å². The normalized spacial score (nSPS) is 10.5. The molecule has 21 heavy (non-hydrogen) atoms. The Morgan fingerprint density at radius 2 is 1.81 bits per heavy atom. The molecule has 1 aromatic heterocycles. The van der Waals surface area contributed by atoms with Gasteiger partial charge in [-0.1, -0.05) is 0 Å². The van der Waals surface area contributed by atoms with E-state index in [0.29, 0.717) is 5.69 Å². The summed E-state index contributed by atoms with van der Waals surface area (Å²) in [6.45, 7) is 7.77. The van der Waals surface area contributed by atoms with Gasteiger partial charge in [-0.15, -0.1) is 0 Å². The van der Waals surface area contributed by atoms with E-state index in [2.05, 4.69) is 10.3 Å². The van der Waals surface area contributed by atoms with Crippen molar-refractivity contribution in [1.82, 2.24) is 4.98 Å². The Morgan fingerprint density at radius 3 is 2.38 bits per heavy atom. The monoisotopic (exact) mass is 284 g/mol. The van der Waals surface area contributed by atoms with E-state index in [4.69, 9.17) is 4.74 Å². The molecule has 1 N–H and O–H groups in total. The van der Waals surface area contributed by atoms with Gasteiger partial charge in [-0.25, -0.2) is 4.98 Å². The molecule has 0 saturated carbocycles. The SMILES string of the molecule is Cc1cc(C)nc(C(=O)Nc2ccc(OC(C)C)cc2)c1. The minimum atomic E-state index is -0.209. The van der Waals surface area contributed by atoms with Crippen molar-refractivity contribution >= 4 is 11.6 Å². The van der Waals surface area contributed by atoms with Crippen molar-refractivity contribution in [3.63, 3.8) is 0 Å². The van der Waals surface area contributed by atoms with Gasteiger partial charge in [0.25, 0.3) is 5.91 Å². The molecular weight excluding hydrogens is 264 g/mol. The summed E-state index contributed by atoms with van der Waals surface area (Å²) in [4.78, 5) is 16.4.